The van der Waals surface area contributed by atoms with Gasteiger partial charge in [0.1, 0.15) is 11.7 Å². The molecule has 1 heterocycles. The van der Waals surface area contributed by atoms with Crippen LogP contribution in [0.25, 0.3) is 0 Å². The second-order valence-electron chi connectivity index (χ2n) is 3.23. The molecular weight excluding hydrogens is 144 g/mol. The van der Waals surface area contributed by atoms with Crippen molar-refractivity contribution in [3.63, 3.8) is 0 Å². The second kappa shape index (κ2) is 2.32. The van der Waals surface area contributed by atoms with Crippen molar-refractivity contribution in [2.24, 2.45) is 11.8 Å². The largest absolute Gasteiger partial charge is 0.465 e. The molecule has 60 valence electrons. The Morgan fingerprint density at radius 3 is 2.91 bits per heavy atom. The monoisotopic (exact) mass is 154 g/mol. The Kier molecular flexibility index (Phi) is 1.44. The smallest absolute Gasteiger partial charge is 0.316 e. The summed E-state index contributed by atoms with van der Waals surface area (Å²) in [6.07, 6.45) is 2.47. The molecule has 0 radical (unpaired) electrons. The second-order valence-corrected chi connectivity index (χ2v) is 3.23. The minimum atomic E-state index is -0.399. The van der Waals surface area contributed by atoms with Gasteiger partial charge in [0.15, 0.2) is 0 Å². The Morgan fingerprint density at radius 1 is 1.36 bits per heavy atom. The Bertz CT molecular complexity index is 209. The maximum atomic E-state index is 11.2. The van der Waals surface area contributed by atoms with Crippen molar-refractivity contribution in [3.05, 3.63) is 0 Å². The minimum absolute atomic E-state index is 0.0868. The summed E-state index contributed by atoms with van der Waals surface area (Å²) < 4.78 is 4.81. The molecule has 0 amide bonds. The van der Waals surface area contributed by atoms with E-state index in [0.717, 1.165) is 12.8 Å². The summed E-state index contributed by atoms with van der Waals surface area (Å²) in [5.41, 5.74) is 0. The topological polar surface area (TPSA) is 43.4 Å². The molecule has 1 aliphatic carbocycles. The van der Waals surface area contributed by atoms with Crippen LogP contribution in [0.1, 0.15) is 19.3 Å². The number of fused-ring (bicyclic) bond motifs is 1. The van der Waals surface area contributed by atoms with Crippen LogP contribution in [-0.4, -0.2) is 18.4 Å². The first-order valence-electron chi connectivity index (χ1n) is 3.98. The van der Waals surface area contributed by atoms with Gasteiger partial charge in [-0.2, -0.15) is 0 Å². The van der Waals surface area contributed by atoms with Crippen LogP contribution in [0.4, 0.5) is 0 Å². The third-order valence-electron chi connectivity index (χ3n) is 2.51. The highest BCUT2D eigenvalue weighted by atomic mass is 16.5. The van der Waals surface area contributed by atoms with Gasteiger partial charge >= 0.3 is 5.97 Å². The Balaban J connectivity index is 2.21. The normalized spacial score (nSPS) is 36.7. The van der Waals surface area contributed by atoms with Crippen LogP contribution in [0.15, 0.2) is 0 Å². The minimum Gasteiger partial charge on any atom is -0.465 e. The molecule has 11 heavy (non-hydrogen) atoms. The molecule has 1 aliphatic heterocycles. The van der Waals surface area contributed by atoms with Crippen molar-refractivity contribution < 1.29 is 14.3 Å². The molecule has 3 heteroatoms. The van der Waals surface area contributed by atoms with Crippen LogP contribution < -0.4 is 0 Å². The van der Waals surface area contributed by atoms with E-state index in [4.69, 9.17) is 4.74 Å². The van der Waals surface area contributed by atoms with Crippen molar-refractivity contribution in [1.29, 1.82) is 0 Å². The van der Waals surface area contributed by atoms with Gasteiger partial charge in [-0.1, -0.05) is 0 Å². The lowest BCUT2D eigenvalue weighted by Crippen LogP contribution is -2.29. The van der Waals surface area contributed by atoms with Gasteiger partial charge in [-0.05, 0) is 12.8 Å². The van der Waals surface area contributed by atoms with Crippen LogP contribution in [0.3, 0.4) is 0 Å². The fourth-order valence-corrected chi connectivity index (χ4v) is 1.91. The van der Waals surface area contributed by atoms with Crippen LogP contribution in [-0.2, 0) is 14.3 Å². The number of hydrogen-bond acceptors (Lipinski definition) is 3. The molecule has 2 aliphatic rings. The maximum absolute atomic E-state index is 11.2. The van der Waals surface area contributed by atoms with Crippen LogP contribution >= 0.6 is 0 Å². The molecule has 2 unspecified atom stereocenters. The molecule has 0 bridgehead atoms. The standard InChI is InChI=1S/C8H10O3/c9-6-3-1-2-5-4-11-8(10)7(5)6/h5,7H,1-4H2. The van der Waals surface area contributed by atoms with E-state index < -0.39 is 5.92 Å². The molecule has 2 rings (SSSR count). The van der Waals surface area contributed by atoms with Crippen molar-refractivity contribution in [1.82, 2.24) is 0 Å². The average molecular weight is 154 g/mol. The molecule has 0 aromatic rings. The first kappa shape index (κ1) is 6.83. The number of cyclic esters (lactones) is 1. The van der Waals surface area contributed by atoms with E-state index in [2.05, 4.69) is 0 Å². The van der Waals surface area contributed by atoms with Gasteiger partial charge in [0.2, 0.25) is 0 Å². The number of hydrogen-bond donors (Lipinski definition) is 0. The zero-order chi connectivity index (χ0) is 7.84. The van der Waals surface area contributed by atoms with E-state index in [1.165, 1.54) is 0 Å². The van der Waals surface area contributed by atoms with Crippen LogP contribution in [0.2, 0.25) is 0 Å². The lowest BCUT2D eigenvalue weighted by atomic mass is 9.80. The summed E-state index contributed by atoms with van der Waals surface area (Å²) in [6.45, 7) is 0.468. The van der Waals surface area contributed by atoms with E-state index in [1.807, 2.05) is 0 Å². The molecular formula is C8H10O3. The summed E-state index contributed by atoms with van der Waals surface area (Å²) in [4.78, 5) is 22.2. The third-order valence-corrected chi connectivity index (χ3v) is 2.51. The molecule has 3 nitrogen and oxygen atoms in total. The number of ether oxygens (including phenoxy) is 1. The maximum Gasteiger partial charge on any atom is 0.316 e. The summed E-state index contributed by atoms with van der Waals surface area (Å²) in [5.74, 6) is -0.407. The van der Waals surface area contributed by atoms with Gasteiger partial charge in [0, 0.05) is 12.3 Å². The number of rotatable bonds is 0. The molecule has 1 saturated heterocycles. The summed E-state index contributed by atoms with van der Waals surface area (Å²) in [6, 6.07) is 0. The highest BCUT2D eigenvalue weighted by molar-refractivity contribution is 6.00. The van der Waals surface area contributed by atoms with E-state index in [0.29, 0.717) is 13.0 Å². The number of carbonyl (C=O) groups excluding carboxylic acids is 2. The number of carbonyl (C=O) groups is 2. The van der Waals surface area contributed by atoms with Gasteiger partial charge < -0.3 is 4.74 Å². The van der Waals surface area contributed by atoms with E-state index >= 15 is 0 Å². The predicted octanol–water partition coefficient (Wildman–Crippen LogP) is 0.529. The van der Waals surface area contributed by atoms with Crippen molar-refractivity contribution >= 4 is 11.8 Å². The highest BCUT2D eigenvalue weighted by Crippen LogP contribution is 2.32. The lowest BCUT2D eigenvalue weighted by molar-refractivity contribution is -0.145. The summed E-state index contributed by atoms with van der Waals surface area (Å²) >= 11 is 0. The molecule has 0 aromatic carbocycles. The number of Topliss-reactive ketones (excluding diaryl/α,β-unsaturated/α-hetero) is 1. The van der Waals surface area contributed by atoms with Gasteiger partial charge in [0.25, 0.3) is 0 Å². The van der Waals surface area contributed by atoms with E-state index in [1.54, 1.807) is 0 Å². The summed E-state index contributed by atoms with van der Waals surface area (Å²) in [7, 11) is 0. The number of ketones is 1. The third kappa shape index (κ3) is 0.951. The van der Waals surface area contributed by atoms with Crippen molar-refractivity contribution in [2.45, 2.75) is 19.3 Å². The average Bonchev–Trinajstić information content (AvgIpc) is 2.34. The quantitative estimate of drug-likeness (QED) is 0.377. The summed E-state index contributed by atoms with van der Waals surface area (Å²) in [5, 5.41) is 0. The van der Waals surface area contributed by atoms with Crippen molar-refractivity contribution in [3.8, 4) is 0 Å². The lowest BCUT2D eigenvalue weighted by Gasteiger charge is -2.18. The van der Waals surface area contributed by atoms with Gasteiger partial charge in [-0.3, -0.25) is 9.59 Å². The first-order chi connectivity index (χ1) is 5.29. The zero-order valence-electron chi connectivity index (χ0n) is 6.21. The number of esters is 1. The predicted molar refractivity (Wildman–Crippen MR) is 36.8 cm³/mol. The Hall–Kier alpha value is -0.860. The van der Waals surface area contributed by atoms with Gasteiger partial charge in [0.05, 0.1) is 6.61 Å². The fraction of sp³-hybridized carbons (Fsp3) is 0.750. The molecule has 1 saturated carbocycles. The molecule has 2 fully saturated rings. The SMILES string of the molecule is O=C1CCCC2COC(=O)C12. The molecule has 2 atom stereocenters. The van der Waals surface area contributed by atoms with Gasteiger partial charge in [-0.15, -0.1) is 0 Å². The van der Waals surface area contributed by atoms with E-state index in [9.17, 15) is 9.59 Å². The highest BCUT2D eigenvalue weighted by Gasteiger charge is 2.43. The van der Waals surface area contributed by atoms with Crippen LogP contribution in [0.5, 0.6) is 0 Å². The fourth-order valence-electron chi connectivity index (χ4n) is 1.91. The van der Waals surface area contributed by atoms with E-state index in [-0.39, 0.29) is 17.7 Å². The first-order valence-corrected chi connectivity index (χ1v) is 3.98. The molecule has 0 N–H and O–H groups in total. The van der Waals surface area contributed by atoms with Crippen molar-refractivity contribution in [2.75, 3.05) is 6.61 Å². The molecule has 0 aromatic heterocycles. The molecule has 0 spiro atoms. The zero-order valence-corrected chi connectivity index (χ0v) is 6.21. The van der Waals surface area contributed by atoms with Crippen LogP contribution in [0, 0.1) is 11.8 Å². The van der Waals surface area contributed by atoms with Gasteiger partial charge in [-0.25, -0.2) is 0 Å². The Morgan fingerprint density at radius 2 is 2.18 bits per heavy atom. The Labute approximate surface area is 64.7 Å².